The number of halogens is 2. The van der Waals surface area contributed by atoms with Crippen LogP contribution < -0.4 is 15.4 Å². The van der Waals surface area contributed by atoms with E-state index in [-0.39, 0.29) is 5.82 Å². The number of nitrogens with zero attached hydrogens (tertiary/aromatic N) is 1. The first kappa shape index (κ1) is 20.9. The number of aryl methyl sites for hydroxylation is 2. The van der Waals surface area contributed by atoms with Crippen LogP contribution in [0.15, 0.2) is 48.5 Å². The van der Waals surface area contributed by atoms with Crippen LogP contribution in [0.2, 0.25) is 0 Å². The Kier molecular flexibility index (Phi) is 6.06. The van der Waals surface area contributed by atoms with Gasteiger partial charge in [0.15, 0.2) is 0 Å². The summed E-state index contributed by atoms with van der Waals surface area (Å²) in [6.45, 7) is 3.65. The van der Waals surface area contributed by atoms with Gasteiger partial charge in [0.05, 0.1) is 7.11 Å². The standard InChI is InChI=1S/C22H19F2N3O3/c1-12-11-18(25-13(2)19(12)14-7-9-15(30-3)10-8-14)26-22(29)27-21(28)20-16(23)5-4-6-17(20)24/h4-11H,1-3H3,(H2,25,26,27,28,29). The number of hydrogen-bond acceptors (Lipinski definition) is 4. The molecule has 0 fully saturated rings. The van der Waals surface area contributed by atoms with Gasteiger partial charge >= 0.3 is 6.03 Å². The number of carbonyl (C=O) groups is 2. The summed E-state index contributed by atoms with van der Waals surface area (Å²) < 4.78 is 32.5. The summed E-state index contributed by atoms with van der Waals surface area (Å²) >= 11 is 0. The van der Waals surface area contributed by atoms with Crippen LogP contribution >= 0.6 is 0 Å². The highest BCUT2D eigenvalue weighted by Gasteiger charge is 2.19. The van der Waals surface area contributed by atoms with E-state index in [0.29, 0.717) is 5.69 Å². The maximum absolute atomic E-state index is 13.7. The Balaban J connectivity index is 1.77. The number of pyridine rings is 1. The summed E-state index contributed by atoms with van der Waals surface area (Å²) in [5.41, 5.74) is 2.49. The third-order valence-electron chi connectivity index (χ3n) is 4.43. The van der Waals surface area contributed by atoms with Crippen molar-refractivity contribution < 1.29 is 23.1 Å². The number of amides is 3. The maximum Gasteiger partial charge on any atom is 0.327 e. The number of hydrogen-bond donors (Lipinski definition) is 2. The van der Waals surface area contributed by atoms with E-state index in [0.717, 1.165) is 40.6 Å². The average Bonchev–Trinajstić information content (AvgIpc) is 2.67. The van der Waals surface area contributed by atoms with Crippen LogP contribution in [0, 0.1) is 25.5 Å². The van der Waals surface area contributed by atoms with Crippen LogP contribution in [-0.2, 0) is 0 Å². The largest absolute Gasteiger partial charge is 0.497 e. The number of ether oxygens (including phenoxy) is 1. The average molecular weight is 411 g/mol. The normalized spacial score (nSPS) is 10.4. The van der Waals surface area contributed by atoms with Gasteiger partial charge in [0.1, 0.15) is 28.8 Å². The highest BCUT2D eigenvalue weighted by molar-refractivity contribution is 6.08. The van der Waals surface area contributed by atoms with Gasteiger partial charge in [-0.2, -0.15) is 0 Å². The van der Waals surface area contributed by atoms with Gasteiger partial charge in [0.25, 0.3) is 5.91 Å². The van der Waals surface area contributed by atoms with Gasteiger partial charge in [-0.25, -0.2) is 18.6 Å². The molecule has 0 saturated carbocycles. The molecule has 8 heteroatoms. The summed E-state index contributed by atoms with van der Waals surface area (Å²) in [6, 6.07) is 11.1. The summed E-state index contributed by atoms with van der Waals surface area (Å²) in [5, 5.41) is 4.31. The van der Waals surface area contributed by atoms with Crippen LogP contribution in [0.25, 0.3) is 11.1 Å². The van der Waals surface area contributed by atoms with Crippen LogP contribution in [0.1, 0.15) is 21.6 Å². The second-order valence-electron chi connectivity index (χ2n) is 6.52. The van der Waals surface area contributed by atoms with Gasteiger partial charge in [-0.15, -0.1) is 0 Å². The molecule has 30 heavy (non-hydrogen) atoms. The summed E-state index contributed by atoms with van der Waals surface area (Å²) in [6.07, 6.45) is 0. The minimum atomic E-state index is -1.19. The van der Waals surface area contributed by atoms with Crippen molar-refractivity contribution in [3.05, 3.63) is 77.0 Å². The summed E-state index contributed by atoms with van der Waals surface area (Å²) in [5.74, 6) is -2.39. The molecule has 0 unspecified atom stereocenters. The zero-order valence-corrected chi connectivity index (χ0v) is 16.5. The molecule has 1 heterocycles. The molecule has 0 aliphatic heterocycles. The van der Waals surface area contributed by atoms with Gasteiger partial charge < -0.3 is 4.74 Å². The number of anilines is 1. The van der Waals surface area contributed by atoms with Crippen molar-refractivity contribution in [2.24, 2.45) is 0 Å². The first-order chi connectivity index (χ1) is 14.3. The van der Waals surface area contributed by atoms with Gasteiger partial charge in [-0.1, -0.05) is 18.2 Å². The highest BCUT2D eigenvalue weighted by atomic mass is 19.1. The number of imide groups is 1. The predicted molar refractivity (Wildman–Crippen MR) is 109 cm³/mol. The molecule has 0 aliphatic carbocycles. The molecule has 0 radical (unpaired) electrons. The zero-order chi connectivity index (χ0) is 21.8. The quantitative estimate of drug-likeness (QED) is 0.657. The summed E-state index contributed by atoms with van der Waals surface area (Å²) in [7, 11) is 1.59. The first-order valence-electron chi connectivity index (χ1n) is 8.99. The molecule has 0 saturated heterocycles. The molecule has 0 atom stereocenters. The van der Waals surface area contributed by atoms with Crippen molar-refractivity contribution >= 4 is 17.8 Å². The lowest BCUT2D eigenvalue weighted by Gasteiger charge is -2.13. The van der Waals surface area contributed by atoms with Crippen LogP contribution in [0.5, 0.6) is 5.75 Å². The summed E-state index contributed by atoms with van der Waals surface area (Å²) in [4.78, 5) is 28.5. The molecular formula is C22H19F2N3O3. The van der Waals surface area contributed by atoms with E-state index >= 15 is 0 Å². The Bertz CT molecular complexity index is 1070. The van der Waals surface area contributed by atoms with Crippen molar-refractivity contribution in [1.82, 2.24) is 10.3 Å². The van der Waals surface area contributed by atoms with E-state index in [1.807, 2.05) is 36.5 Å². The number of nitrogens with one attached hydrogen (secondary N) is 2. The monoisotopic (exact) mass is 411 g/mol. The van der Waals surface area contributed by atoms with Gasteiger partial charge in [0, 0.05) is 11.3 Å². The molecule has 3 aromatic rings. The van der Waals surface area contributed by atoms with Gasteiger partial charge in [-0.3, -0.25) is 15.4 Å². The smallest absolute Gasteiger partial charge is 0.327 e. The molecule has 2 N–H and O–H groups in total. The number of aromatic nitrogens is 1. The third-order valence-corrected chi connectivity index (χ3v) is 4.43. The lowest BCUT2D eigenvalue weighted by Crippen LogP contribution is -2.35. The lowest BCUT2D eigenvalue weighted by atomic mass is 9.99. The minimum Gasteiger partial charge on any atom is -0.497 e. The van der Waals surface area contributed by atoms with E-state index in [9.17, 15) is 18.4 Å². The number of rotatable bonds is 4. The predicted octanol–water partition coefficient (Wildman–Crippen LogP) is 4.61. The second-order valence-corrected chi connectivity index (χ2v) is 6.52. The lowest BCUT2D eigenvalue weighted by molar-refractivity contribution is 0.0959. The van der Waals surface area contributed by atoms with Crippen molar-refractivity contribution in [2.75, 3.05) is 12.4 Å². The molecule has 3 rings (SSSR count). The van der Waals surface area contributed by atoms with Crippen molar-refractivity contribution in [1.29, 1.82) is 0 Å². The van der Waals surface area contributed by atoms with E-state index < -0.39 is 29.1 Å². The Hall–Kier alpha value is -3.81. The Morgan fingerprint density at radius 1 is 1.00 bits per heavy atom. The number of carbonyl (C=O) groups excluding carboxylic acids is 2. The Morgan fingerprint density at radius 2 is 1.63 bits per heavy atom. The molecule has 154 valence electrons. The first-order valence-corrected chi connectivity index (χ1v) is 8.99. The second kappa shape index (κ2) is 8.69. The van der Waals surface area contributed by atoms with E-state index in [4.69, 9.17) is 4.74 Å². The fraction of sp³-hybridized carbons (Fsp3) is 0.136. The van der Waals surface area contributed by atoms with Crippen LogP contribution in [-0.4, -0.2) is 24.0 Å². The van der Waals surface area contributed by atoms with Crippen molar-refractivity contribution in [3.63, 3.8) is 0 Å². The van der Waals surface area contributed by atoms with Crippen molar-refractivity contribution in [3.8, 4) is 16.9 Å². The molecule has 6 nitrogen and oxygen atoms in total. The molecular weight excluding hydrogens is 392 g/mol. The number of methoxy groups -OCH3 is 1. The zero-order valence-electron chi connectivity index (χ0n) is 16.5. The molecule has 3 amide bonds. The Morgan fingerprint density at radius 3 is 2.20 bits per heavy atom. The van der Waals surface area contributed by atoms with E-state index in [1.54, 1.807) is 20.1 Å². The van der Waals surface area contributed by atoms with Crippen molar-refractivity contribution in [2.45, 2.75) is 13.8 Å². The molecule has 0 aliphatic rings. The molecule has 0 spiro atoms. The SMILES string of the molecule is COc1ccc(-c2c(C)cc(NC(=O)NC(=O)c3c(F)cccc3F)nc2C)cc1. The molecule has 0 bridgehead atoms. The van der Waals surface area contributed by atoms with Gasteiger partial charge in [-0.05, 0) is 55.3 Å². The van der Waals surface area contributed by atoms with Crippen LogP contribution in [0.3, 0.4) is 0 Å². The highest BCUT2D eigenvalue weighted by Crippen LogP contribution is 2.29. The fourth-order valence-corrected chi connectivity index (χ4v) is 3.12. The fourth-order valence-electron chi connectivity index (χ4n) is 3.12. The maximum atomic E-state index is 13.7. The minimum absolute atomic E-state index is 0.196. The topological polar surface area (TPSA) is 80.3 Å². The molecule has 1 aromatic heterocycles. The molecule has 2 aromatic carbocycles. The number of urea groups is 1. The third kappa shape index (κ3) is 4.43. The van der Waals surface area contributed by atoms with E-state index in [1.165, 1.54) is 0 Å². The number of benzene rings is 2. The van der Waals surface area contributed by atoms with Gasteiger partial charge in [0.2, 0.25) is 0 Å². The van der Waals surface area contributed by atoms with Crippen LogP contribution in [0.4, 0.5) is 19.4 Å². The Labute approximate surface area is 171 Å². The van der Waals surface area contributed by atoms with E-state index in [2.05, 4.69) is 10.3 Å².